The molecule has 3 aromatic rings. The van der Waals surface area contributed by atoms with Gasteiger partial charge in [-0.1, -0.05) is 35.9 Å². The fraction of sp³-hybridized carbons (Fsp3) is 0.259. The van der Waals surface area contributed by atoms with Crippen molar-refractivity contribution >= 4 is 23.2 Å². The Morgan fingerprint density at radius 2 is 1.64 bits per heavy atom. The van der Waals surface area contributed by atoms with Crippen LogP contribution in [0.15, 0.2) is 72.8 Å². The number of carbonyl (C=O) groups is 2. The summed E-state index contributed by atoms with van der Waals surface area (Å²) < 4.78 is 5.18. The highest BCUT2D eigenvalue weighted by Crippen LogP contribution is 2.21. The van der Waals surface area contributed by atoms with E-state index in [0.29, 0.717) is 30.8 Å². The van der Waals surface area contributed by atoms with Gasteiger partial charge in [-0.15, -0.1) is 0 Å². The molecule has 2 amide bonds. The lowest BCUT2D eigenvalue weighted by Crippen LogP contribution is -2.49. The molecule has 1 heterocycles. The predicted molar refractivity (Wildman–Crippen MR) is 131 cm³/mol. The number of ether oxygens (including phenoxy) is 1. The number of hydrogen-bond donors (Lipinski definition) is 1. The van der Waals surface area contributed by atoms with Crippen LogP contribution in [0.4, 0.5) is 11.4 Å². The van der Waals surface area contributed by atoms with Crippen LogP contribution in [0.1, 0.15) is 21.5 Å². The van der Waals surface area contributed by atoms with E-state index in [-0.39, 0.29) is 11.8 Å². The number of anilines is 2. The summed E-state index contributed by atoms with van der Waals surface area (Å²) in [5, 5.41) is 2.92. The summed E-state index contributed by atoms with van der Waals surface area (Å²) in [4.78, 5) is 29.4. The van der Waals surface area contributed by atoms with Gasteiger partial charge in [0.2, 0.25) is 5.91 Å². The van der Waals surface area contributed by atoms with Crippen LogP contribution in [0.25, 0.3) is 0 Å². The zero-order chi connectivity index (χ0) is 23.2. The van der Waals surface area contributed by atoms with Crippen LogP contribution >= 0.6 is 0 Å². The van der Waals surface area contributed by atoms with Crippen molar-refractivity contribution in [3.8, 4) is 5.75 Å². The molecule has 33 heavy (non-hydrogen) atoms. The van der Waals surface area contributed by atoms with Gasteiger partial charge in [0.05, 0.1) is 13.5 Å². The van der Waals surface area contributed by atoms with Crippen molar-refractivity contribution in [3.05, 3.63) is 89.5 Å². The number of methoxy groups -OCH3 is 1. The first-order valence-corrected chi connectivity index (χ1v) is 11.2. The first kappa shape index (κ1) is 22.4. The Hall–Kier alpha value is -3.80. The molecule has 0 atom stereocenters. The van der Waals surface area contributed by atoms with Crippen molar-refractivity contribution in [2.45, 2.75) is 13.3 Å². The van der Waals surface area contributed by atoms with E-state index >= 15 is 0 Å². The molecule has 0 saturated carbocycles. The average Bonchev–Trinajstić information content (AvgIpc) is 2.84. The number of hydrogen-bond acceptors (Lipinski definition) is 4. The van der Waals surface area contributed by atoms with E-state index in [2.05, 4.69) is 16.3 Å². The first-order valence-electron chi connectivity index (χ1n) is 11.2. The fourth-order valence-electron chi connectivity index (χ4n) is 4.05. The predicted octanol–water partition coefficient (Wildman–Crippen LogP) is 4.15. The zero-order valence-corrected chi connectivity index (χ0v) is 19.1. The maximum atomic E-state index is 12.7. The third-order valence-electron chi connectivity index (χ3n) is 5.89. The van der Waals surface area contributed by atoms with Gasteiger partial charge >= 0.3 is 0 Å². The zero-order valence-electron chi connectivity index (χ0n) is 19.1. The smallest absolute Gasteiger partial charge is 0.255 e. The number of amides is 2. The first-order chi connectivity index (χ1) is 16.0. The molecule has 0 spiro atoms. The van der Waals surface area contributed by atoms with E-state index < -0.39 is 0 Å². The Labute approximate surface area is 194 Å². The van der Waals surface area contributed by atoms with Crippen LogP contribution in [0.5, 0.6) is 5.75 Å². The van der Waals surface area contributed by atoms with Crippen LogP contribution < -0.4 is 15.0 Å². The number of carbonyl (C=O) groups excluding carboxylic acids is 2. The van der Waals surface area contributed by atoms with E-state index in [1.54, 1.807) is 25.3 Å². The summed E-state index contributed by atoms with van der Waals surface area (Å²) in [6, 6.07) is 23.0. The van der Waals surface area contributed by atoms with E-state index in [4.69, 9.17) is 4.74 Å². The van der Waals surface area contributed by atoms with Crippen molar-refractivity contribution in [3.63, 3.8) is 0 Å². The van der Waals surface area contributed by atoms with E-state index in [9.17, 15) is 9.59 Å². The number of aryl methyl sites for hydroxylation is 1. The topological polar surface area (TPSA) is 61.9 Å². The summed E-state index contributed by atoms with van der Waals surface area (Å²) in [6.07, 6.45) is 0.448. The van der Waals surface area contributed by atoms with Gasteiger partial charge in [0.15, 0.2) is 0 Å². The average molecular weight is 444 g/mol. The summed E-state index contributed by atoms with van der Waals surface area (Å²) in [6.45, 7) is 5.03. The minimum absolute atomic E-state index is 0.177. The van der Waals surface area contributed by atoms with Gasteiger partial charge in [-0.05, 0) is 55.0 Å². The molecule has 4 rings (SSSR count). The normalized spacial score (nSPS) is 13.5. The summed E-state index contributed by atoms with van der Waals surface area (Å²) in [5.41, 5.74) is 4.60. The summed E-state index contributed by atoms with van der Waals surface area (Å²) in [7, 11) is 1.58. The molecule has 1 N–H and O–H groups in total. The maximum absolute atomic E-state index is 12.7. The molecule has 0 unspecified atom stereocenters. The van der Waals surface area contributed by atoms with Gasteiger partial charge < -0.3 is 19.9 Å². The molecule has 1 aliphatic heterocycles. The second-order valence-electron chi connectivity index (χ2n) is 8.27. The highest BCUT2D eigenvalue weighted by atomic mass is 16.5. The molecule has 3 aromatic carbocycles. The summed E-state index contributed by atoms with van der Waals surface area (Å²) in [5.74, 6) is 0.646. The largest absolute Gasteiger partial charge is 0.497 e. The molecule has 6 nitrogen and oxygen atoms in total. The minimum Gasteiger partial charge on any atom is -0.497 e. The van der Waals surface area contributed by atoms with E-state index in [1.165, 1.54) is 5.56 Å². The number of piperazine rings is 1. The molecule has 6 heteroatoms. The van der Waals surface area contributed by atoms with Crippen molar-refractivity contribution in [1.82, 2.24) is 4.90 Å². The van der Waals surface area contributed by atoms with Crippen LogP contribution in [-0.2, 0) is 11.2 Å². The second-order valence-corrected chi connectivity index (χ2v) is 8.27. The molecular formula is C27H29N3O3. The Bertz CT molecular complexity index is 1120. The van der Waals surface area contributed by atoms with Gasteiger partial charge in [-0.2, -0.15) is 0 Å². The van der Waals surface area contributed by atoms with E-state index in [0.717, 1.165) is 30.0 Å². The standard InChI is InChI=1S/C27H29N3O3/c1-20-5-3-6-21(17-20)18-26(31)30-15-13-29(14-16-30)24-11-9-23(10-12-24)28-27(32)22-7-4-8-25(19-22)33-2/h3-12,17,19H,13-16,18H2,1-2H3,(H,28,32). The van der Waals surface area contributed by atoms with Gasteiger partial charge in [-0.25, -0.2) is 0 Å². The molecule has 1 fully saturated rings. The molecule has 170 valence electrons. The van der Waals surface area contributed by atoms with Crippen LogP contribution in [0.3, 0.4) is 0 Å². The van der Waals surface area contributed by atoms with Crippen LogP contribution in [0, 0.1) is 6.92 Å². The third kappa shape index (κ3) is 5.71. The SMILES string of the molecule is COc1cccc(C(=O)Nc2ccc(N3CCN(C(=O)Cc4cccc(C)c4)CC3)cc2)c1. The van der Waals surface area contributed by atoms with Gasteiger partial charge in [0.1, 0.15) is 5.75 Å². The Morgan fingerprint density at radius 3 is 2.33 bits per heavy atom. The number of nitrogens with one attached hydrogen (secondary N) is 1. The lowest BCUT2D eigenvalue weighted by Gasteiger charge is -2.36. The monoisotopic (exact) mass is 443 g/mol. The van der Waals surface area contributed by atoms with Crippen LogP contribution in [0.2, 0.25) is 0 Å². The van der Waals surface area contributed by atoms with Gasteiger partial charge in [-0.3, -0.25) is 9.59 Å². The Kier molecular flexibility index (Phi) is 6.93. The van der Waals surface area contributed by atoms with Crippen LogP contribution in [-0.4, -0.2) is 50.0 Å². The summed E-state index contributed by atoms with van der Waals surface area (Å²) >= 11 is 0. The highest BCUT2D eigenvalue weighted by molar-refractivity contribution is 6.04. The molecule has 1 aliphatic rings. The van der Waals surface area contributed by atoms with E-state index in [1.807, 2.05) is 60.4 Å². The molecule has 0 bridgehead atoms. The third-order valence-corrected chi connectivity index (χ3v) is 5.89. The number of nitrogens with zero attached hydrogens (tertiary/aromatic N) is 2. The lowest BCUT2D eigenvalue weighted by atomic mass is 10.1. The molecule has 1 saturated heterocycles. The van der Waals surface area contributed by atoms with Crippen molar-refractivity contribution in [1.29, 1.82) is 0 Å². The van der Waals surface area contributed by atoms with Gasteiger partial charge in [0, 0.05) is 43.1 Å². The molecular weight excluding hydrogens is 414 g/mol. The fourth-order valence-corrected chi connectivity index (χ4v) is 4.05. The molecule has 0 radical (unpaired) electrons. The Morgan fingerprint density at radius 1 is 0.909 bits per heavy atom. The second kappa shape index (κ2) is 10.2. The lowest BCUT2D eigenvalue weighted by molar-refractivity contribution is -0.130. The van der Waals surface area contributed by atoms with Gasteiger partial charge in [0.25, 0.3) is 5.91 Å². The van der Waals surface area contributed by atoms with Crippen molar-refractivity contribution in [2.24, 2.45) is 0 Å². The maximum Gasteiger partial charge on any atom is 0.255 e. The van der Waals surface area contributed by atoms with Crippen molar-refractivity contribution in [2.75, 3.05) is 43.5 Å². The minimum atomic E-state index is -0.178. The molecule has 0 aliphatic carbocycles. The highest BCUT2D eigenvalue weighted by Gasteiger charge is 2.21. The Balaban J connectivity index is 1.30. The number of benzene rings is 3. The number of rotatable bonds is 6. The van der Waals surface area contributed by atoms with Crippen molar-refractivity contribution < 1.29 is 14.3 Å². The quantitative estimate of drug-likeness (QED) is 0.622. The molecule has 0 aromatic heterocycles.